The number of aryl methyl sites for hydroxylation is 1. The minimum absolute atomic E-state index is 0.00748. The van der Waals surface area contributed by atoms with Crippen LogP contribution in [0.1, 0.15) is 60.6 Å². The standard InChI is InChI=1S/C22H25N3O2S/c1-12-7-8-15-18(11-12)28-22-19(15)21(26)24-20(25-22)13(2)23-16-9-10-27-17-6-4-3-5-14(16)17/h3-6,12-13,16,23H,7-11H2,1-2H3,(H,24,25,26)/t12-,13-,16+/m0/s1. The third-order valence-corrected chi connectivity index (χ3v) is 7.15. The van der Waals surface area contributed by atoms with Gasteiger partial charge in [-0.15, -0.1) is 11.3 Å². The Morgan fingerprint density at radius 3 is 3.07 bits per heavy atom. The van der Waals surface area contributed by atoms with Crippen molar-refractivity contribution in [2.45, 2.75) is 51.6 Å². The van der Waals surface area contributed by atoms with Crippen LogP contribution in [0, 0.1) is 5.92 Å². The molecule has 1 aliphatic carbocycles. The number of ether oxygens (including phenoxy) is 1. The summed E-state index contributed by atoms with van der Waals surface area (Å²) in [6.45, 7) is 5.05. The summed E-state index contributed by atoms with van der Waals surface area (Å²) in [5, 5.41) is 4.46. The van der Waals surface area contributed by atoms with Crippen molar-refractivity contribution in [3.05, 3.63) is 56.4 Å². The lowest BCUT2D eigenvalue weighted by Crippen LogP contribution is -2.31. The highest BCUT2D eigenvalue weighted by Crippen LogP contribution is 2.36. The molecular weight excluding hydrogens is 370 g/mol. The Balaban J connectivity index is 1.46. The molecule has 2 aromatic heterocycles. The van der Waals surface area contributed by atoms with Crippen LogP contribution < -0.4 is 15.6 Å². The lowest BCUT2D eigenvalue weighted by Gasteiger charge is -2.29. The van der Waals surface area contributed by atoms with Crippen molar-refractivity contribution < 1.29 is 4.74 Å². The molecule has 0 saturated carbocycles. The lowest BCUT2D eigenvalue weighted by atomic mass is 9.89. The average molecular weight is 396 g/mol. The third-order valence-electron chi connectivity index (χ3n) is 6.00. The van der Waals surface area contributed by atoms with Crippen molar-refractivity contribution in [3.8, 4) is 5.75 Å². The van der Waals surface area contributed by atoms with Crippen LogP contribution in [0.5, 0.6) is 5.75 Å². The van der Waals surface area contributed by atoms with Crippen LogP contribution >= 0.6 is 11.3 Å². The molecule has 3 aromatic rings. The number of H-pyrrole nitrogens is 1. The SMILES string of the molecule is C[C@H]1CCc2c(sc3nc([C@H](C)N[C@@H]4CCOc5ccccc54)[nH]c(=O)c23)C1. The molecule has 1 aliphatic heterocycles. The summed E-state index contributed by atoms with van der Waals surface area (Å²) in [4.78, 5) is 23.0. The summed E-state index contributed by atoms with van der Waals surface area (Å²) in [5.74, 6) is 2.34. The van der Waals surface area contributed by atoms with Gasteiger partial charge in [-0.25, -0.2) is 4.98 Å². The number of para-hydroxylation sites is 1. The summed E-state index contributed by atoms with van der Waals surface area (Å²) in [6, 6.07) is 8.29. The molecular formula is C22H25N3O2S. The van der Waals surface area contributed by atoms with Crippen LogP contribution in [0.2, 0.25) is 0 Å². The topological polar surface area (TPSA) is 67.0 Å². The van der Waals surface area contributed by atoms with Crippen LogP contribution in [0.3, 0.4) is 0 Å². The van der Waals surface area contributed by atoms with E-state index in [0.29, 0.717) is 18.3 Å². The number of fused-ring (bicyclic) bond motifs is 4. The zero-order valence-electron chi connectivity index (χ0n) is 16.2. The largest absolute Gasteiger partial charge is 0.493 e. The molecule has 6 heteroatoms. The maximum atomic E-state index is 12.9. The quantitative estimate of drug-likeness (QED) is 0.694. The number of hydrogen-bond acceptors (Lipinski definition) is 5. The van der Waals surface area contributed by atoms with E-state index in [4.69, 9.17) is 9.72 Å². The number of nitrogens with one attached hydrogen (secondary N) is 2. The first-order chi connectivity index (χ1) is 13.6. The molecule has 5 nitrogen and oxygen atoms in total. The molecule has 1 aromatic carbocycles. The molecule has 3 heterocycles. The van der Waals surface area contributed by atoms with Crippen molar-refractivity contribution in [1.82, 2.24) is 15.3 Å². The van der Waals surface area contributed by atoms with E-state index in [1.807, 2.05) is 18.2 Å². The fourth-order valence-corrected chi connectivity index (χ4v) is 5.86. The molecule has 2 N–H and O–H groups in total. The first-order valence-corrected chi connectivity index (χ1v) is 10.9. The van der Waals surface area contributed by atoms with Gasteiger partial charge < -0.3 is 15.0 Å². The number of nitrogens with zero attached hydrogens (tertiary/aromatic N) is 1. The van der Waals surface area contributed by atoms with E-state index in [-0.39, 0.29) is 17.6 Å². The van der Waals surface area contributed by atoms with E-state index in [1.54, 1.807) is 11.3 Å². The fraction of sp³-hybridized carbons (Fsp3) is 0.455. The summed E-state index contributed by atoms with van der Waals surface area (Å²) >= 11 is 1.70. The molecule has 0 spiro atoms. The van der Waals surface area contributed by atoms with Crippen LogP contribution in [0.25, 0.3) is 10.2 Å². The monoisotopic (exact) mass is 395 g/mol. The molecule has 0 fully saturated rings. The first-order valence-electron chi connectivity index (χ1n) is 10.1. The van der Waals surface area contributed by atoms with Gasteiger partial charge in [0.15, 0.2) is 0 Å². The number of rotatable bonds is 3. The van der Waals surface area contributed by atoms with Gasteiger partial charge in [0.1, 0.15) is 16.4 Å². The van der Waals surface area contributed by atoms with Gasteiger partial charge >= 0.3 is 0 Å². The van der Waals surface area contributed by atoms with Crippen molar-refractivity contribution in [3.63, 3.8) is 0 Å². The van der Waals surface area contributed by atoms with Crippen LogP contribution in [0.4, 0.5) is 0 Å². The Labute approximate surface area is 168 Å². The Hall–Kier alpha value is -2.18. The fourth-order valence-electron chi connectivity index (χ4n) is 4.47. The Kier molecular flexibility index (Phi) is 4.48. The highest BCUT2D eigenvalue weighted by molar-refractivity contribution is 7.18. The van der Waals surface area contributed by atoms with Crippen LogP contribution in [0.15, 0.2) is 29.1 Å². The predicted octanol–water partition coefficient (Wildman–Crippen LogP) is 4.28. The van der Waals surface area contributed by atoms with E-state index in [1.165, 1.54) is 16.0 Å². The normalized spacial score (nSPS) is 22.4. The van der Waals surface area contributed by atoms with E-state index >= 15 is 0 Å². The van der Waals surface area contributed by atoms with Gasteiger partial charge in [0.25, 0.3) is 5.56 Å². The van der Waals surface area contributed by atoms with Crippen molar-refractivity contribution >= 4 is 21.6 Å². The van der Waals surface area contributed by atoms with Gasteiger partial charge in [-0.3, -0.25) is 4.79 Å². The van der Waals surface area contributed by atoms with E-state index in [2.05, 4.69) is 30.2 Å². The smallest absolute Gasteiger partial charge is 0.259 e. The number of aromatic nitrogens is 2. The molecule has 146 valence electrons. The lowest BCUT2D eigenvalue weighted by molar-refractivity contribution is 0.245. The van der Waals surface area contributed by atoms with E-state index in [9.17, 15) is 4.79 Å². The molecule has 2 aliphatic rings. The second kappa shape index (κ2) is 7.01. The Morgan fingerprint density at radius 1 is 1.32 bits per heavy atom. The summed E-state index contributed by atoms with van der Waals surface area (Å²) in [7, 11) is 0. The van der Waals surface area contributed by atoms with Gasteiger partial charge in [-0.1, -0.05) is 25.1 Å². The van der Waals surface area contributed by atoms with Gasteiger partial charge in [0.05, 0.1) is 18.0 Å². The van der Waals surface area contributed by atoms with Gasteiger partial charge in [0, 0.05) is 22.9 Å². The maximum absolute atomic E-state index is 12.9. The number of aromatic amines is 1. The summed E-state index contributed by atoms with van der Waals surface area (Å²) < 4.78 is 5.76. The van der Waals surface area contributed by atoms with Gasteiger partial charge in [0.2, 0.25) is 0 Å². The summed E-state index contributed by atoms with van der Waals surface area (Å²) in [5.41, 5.74) is 2.41. The molecule has 0 saturated heterocycles. The minimum atomic E-state index is -0.0497. The van der Waals surface area contributed by atoms with Crippen molar-refractivity contribution in [2.75, 3.05) is 6.61 Å². The Morgan fingerprint density at radius 2 is 2.18 bits per heavy atom. The molecule has 0 unspecified atom stereocenters. The number of hydrogen-bond donors (Lipinski definition) is 2. The maximum Gasteiger partial charge on any atom is 0.259 e. The molecule has 3 atom stereocenters. The number of benzene rings is 1. The molecule has 5 rings (SSSR count). The first kappa shape index (κ1) is 17.9. The van der Waals surface area contributed by atoms with Gasteiger partial charge in [-0.05, 0) is 43.7 Å². The molecule has 0 amide bonds. The highest BCUT2D eigenvalue weighted by Gasteiger charge is 2.26. The summed E-state index contributed by atoms with van der Waals surface area (Å²) in [6.07, 6.45) is 4.12. The highest BCUT2D eigenvalue weighted by atomic mass is 32.1. The predicted molar refractivity (Wildman–Crippen MR) is 112 cm³/mol. The second-order valence-electron chi connectivity index (χ2n) is 8.10. The van der Waals surface area contributed by atoms with Gasteiger partial charge in [-0.2, -0.15) is 0 Å². The zero-order valence-corrected chi connectivity index (χ0v) is 17.1. The average Bonchev–Trinajstić information content (AvgIpc) is 3.06. The molecule has 0 bridgehead atoms. The van der Waals surface area contributed by atoms with Crippen LogP contribution in [-0.2, 0) is 12.8 Å². The van der Waals surface area contributed by atoms with E-state index < -0.39 is 0 Å². The molecule has 0 radical (unpaired) electrons. The van der Waals surface area contributed by atoms with Crippen molar-refractivity contribution in [1.29, 1.82) is 0 Å². The zero-order chi connectivity index (χ0) is 19.3. The minimum Gasteiger partial charge on any atom is -0.493 e. The second-order valence-corrected chi connectivity index (χ2v) is 9.18. The Bertz CT molecular complexity index is 1090. The van der Waals surface area contributed by atoms with E-state index in [0.717, 1.165) is 41.6 Å². The van der Waals surface area contributed by atoms with Crippen LogP contribution in [-0.4, -0.2) is 16.6 Å². The molecule has 28 heavy (non-hydrogen) atoms. The van der Waals surface area contributed by atoms with Crippen molar-refractivity contribution in [2.24, 2.45) is 5.92 Å². The number of thiophene rings is 1. The third kappa shape index (κ3) is 3.05.